The molecule has 1 aliphatic heterocycles. The lowest BCUT2D eigenvalue weighted by molar-refractivity contribution is -0.134. The number of aryl methyl sites for hydroxylation is 1. The number of hydrogen-bond donors (Lipinski definition) is 0. The number of hydrogen-bond acceptors (Lipinski definition) is 4. The number of nitrogens with zero attached hydrogens (tertiary/aromatic N) is 1. The molecule has 0 saturated heterocycles. The zero-order valence-corrected chi connectivity index (χ0v) is 17.3. The van der Waals surface area contributed by atoms with Crippen LogP contribution in [0, 0.1) is 6.92 Å². The van der Waals surface area contributed by atoms with Gasteiger partial charge in [-0.3, -0.25) is 4.79 Å². The molecule has 1 aliphatic rings. The largest absolute Gasteiger partial charge is 0.490 e. The third-order valence-electron chi connectivity index (χ3n) is 4.72. The zero-order valence-electron chi connectivity index (χ0n) is 16.6. The van der Waals surface area contributed by atoms with Crippen molar-refractivity contribution in [1.29, 1.82) is 0 Å². The highest BCUT2D eigenvalue weighted by molar-refractivity contribution is 6.31. The van der Waals surface area contributed by atoms with Gasteiger partial charge in [-0.25, -0.2) is 0 Å². The summed E-state index contributed by atoms with van der Waals surface area (Å²) in [6.45, 7) is 8.17. The van der Waals surface area contributed by atoms with Gasteiger partial charge >= 0.3 is 0 Å². The van der Waals surface area contributed by atoms with E-state index in [-0.39, 0.29) is 12.5 Å². The van der Waals surface area contributed by atoms with Crippen molar-refractivity contribution in [3.8, 4) is 17.2 Å². The normalized spacial score (nSPS) is 13.1. The SMILES string of the molecule is CCOc1cc2c(cc1OCC)CN(C(=O)COc1ccc(Cl)c(C)c1)CC2. The Bertz CT molecular complexity index is 853. The number of fused-ring (bicyclic) bond motifs is 1. The molecule has 2 aromatic rings. The molecule has 3 rings (SSSR count). The molecular weight excluding hydrogens is 378 g/mol. The molecule has 0 fully saturated rings. The number of carbonyl (C=O) groups is 1. The fourth-order valence-electron chi connectivity index (χ4n) is 3.26. The minimum atomic E-state index is -0.0369. The lowest BCUT2D eigenvalue weighted by Crippen LogP contribution is -2.38. The summed E-state index contributed by atoms with van der Waals surface area (Å²) in [5, 5.41) is 0.683. The van der Waals surface area contributed by atoms with Gasteiger partial charge in [-0.2, -0.15) is 0 Å². The third-order valence-corrected chi connectivity index (χ3v) is 5.15. The van der Waals surface area contributed by atoms with E-state index in [1.807, 2.05) is 43.9 Å². The van der Waals surface area contributed by atoms with Gasteiger partial charge in [-0.15, -0.1) is 0 Å². The Balaban J connectivity index is 1.67. The van der Waals surface area contributed by atoms with E-state index in [0.717, 1.165) is 29.0 Å². The standard InChI is InChI=1S/C22H26ClNO4/c1-4-26-20-11-16-8-9-24(13-17(16)12-21(20)27-5-2)22(25)14-28-18-6-7-19(23)15(3)10-18/h6-7,10-12H,4-5,8-9,13-14H2,1-3H3. The molecule has 0 unspecified atom stereocenters. The molecule has 0 bridgehead atoms. The molecule has 1 amide bonds. The fourth-order valence-corrected chi connectivity index (χ4v) is 3.37. The molecule has 0 aromatic heterocycles. The van der Waals surface area contributed by atoms with Crippen LogP contribution in [0.25, 0.3) is 0 Å². The number of carbonyl (C=O) groups excluding carboxylic acids is 1. The molecule has 0 atom stereocenters. The second kappa shape index (κ2) is 9.20. The summed E-state index contributed by atoms with van der Waals surface area (Å²) in [5.41, 5.74) is 3.21. The van der Waals surface area contributed by atoms with Gasteiger partial charge in [0.15, 0.2) is 18.1 Å². The molecule has 0 spiro atoms. The molecule has 6 heteroatoms. The summed E-state index contributed by atoms with van der Waals surface area (Å²) >= 11 is 6.03. The van der Waals surface area contributed by atoms with Crippen molar-refractivity contribution >= 4 is 17.5 Å². The summed E-state index contributed by atoms with van der Waals surface area (Å²) in [6.07, 6.45) is 0.785. The fraction of sp³-hybridized carbons (Fsp3) is 0.409. The predicted octanol–water partition coefficient (Wildman–Crippen LogP) is 4.41. The maximum absolute atomic E-state index is 12.6. The van der Waals surface area contributed by atoms with Crippen LogP contribution in [0.1, 0.15) is 30.5 Å². The number of halogens is 1. The summed E-state index contributed by atoms with van der Waals surface area (Å²) in [6, 6.07) is 9.42. The molecule has 0 radical (unpaired) electrons. The van der Waals surface area contributed by atoms with Crippen molar-refractivity contribution in [2.75, 3.05) is 26.4 Å². The van der Waals surface area contributed by atoms with E-state index in [0.29, 0.717) is 37.1 Å². The van der Waals surface area contributed by atoms with Crippen LogP contribution in [0.15, 0.2) is 30.3 Å². The summed E-state index contributed by atoms with van der Waals surface area (Å²) in [4.78, 5) is 14.5. The maximum Gasteiger partial charge on any atom is 0.260 e. The second-order valence-electron chi connectivity index (χ2n) is 6.70. The number of ether oxygens (including phenoxy) is 3. The molecular formula is C22H26ClNO4. The van der Waals surface area contributed by atoms with Gasteiger partial charge in [0.25, 0.3) is 5.91 Å². The highest BCUT2D eigenvalue weighted by atomic mass is 35.5. The highest BCUT2D eigenvalue weighted by Crippen LogP contribution is 2.34. The Morgan fingerprint density at radius 3 is 2.36 bits per heavy atom. The van der Waals surface area contributed by atoms with E-state index in [9.17, 15) is 4.79 Å². The monoisotopic (exact) mass is 403 g/mol. The first kappa shape index (κ1) is 20.3. The van der Waals surface area contributed by atoms with E-state index in [1.54, 1.807) is 12.1 Å². The van der Waals surface area contributed by atoms with Gasteiger partial charge in [0.2, 0.25) is 0 Å². The first-order chi connectivity index (χ1) is 13.5. The number of rotatable bonds is 7. The average molecular weight is 404 g/mol. The lowest BCUT2D eigenvalue weighted by atomic mass is 9.98. The van der Waals surface area contributed by atoms with E-state index < -0.39 is 0 Å². The van der Waals surface area contributed by atoms with Gasteiger partial charge in [-0.05, 0) is 74.2 Å². The Kier molecular flexibility index (Phi) is 6.68. The van der Waals surface area contributed by atoms with Crippen LogP contribution in [0.2, 0.25) is 5.02 Å². The summed E-state index contributed by atoms with van der Waals surface area (Å²) < 4.78 is 17.1. The van der Waals surface area contributed by atoms with Crippen LogP contribution in [-0.2, 0) is 17.8 Å². The molecule has 1 heterocycles. The van der Waals surface area contributed by atoms with Crippen molar-refractivity contribution < 1.29 is 19.0 Å². The Labute approximate surface area is 171 Å². The predicted molar refractivity (Wildman–Crippen MR) is 110 cm³/mol. The van der Waals surface area contributed by atoms with Crippen LogP contribution < -0.4 is 14.2 Å². The van der Waals surface area contributed by atoms with Crippen LogP contribution in [-0.4, -0.2) is 37.2 Å². The molecule has 28 heavy (non-hydrogen) atoms. The van der Waals surface area contributed by atoms with Crippen molar-refractivity contribution in [3.05, 3.63) is 52.0 Å². The first-order valence-electron chi connectivity index (χ1n) is 9.60. The van der Waals surface area contributed by atoms with Crippen molar-refractivity contribution in [3.63, 3.8) is 0 Å². The summed E-state index contributed by atoms with van der Waals surface area (Å²) in [7, 11) is 0. The minimum Gasteiger partial charge on any atom is -0.490 e. The number of amides is 1. The molecule has 150 valence electrons. The highest BCUT2D eigenvalue weighted by Gasteiger charge is 2.23. The average Bonchev–Trinajstić information content (AvgIpc) is 2.69. The van der Waals surface area contributed by atoms with Crippen LogP contribution in [0.3, 0.4) is 0 Å². The molecule has 0 aliphatic carbocycles. The van der Waals surface area contributed by atoms with Crippen LogP contribution >= 0.6 is 11.6 Å². The van der Waals surface area contributed by atoms with E-state index in [2.05, 4.69) is 0 Å². The van der Waals surface area contributed by atoms with Gasteiger partial charge in [-0.1, -0.05) is 11.6 Å². The topological polar surface area (TPSA) is 48.0 Å². The van der Waals surface area contributed by atoms with Gasteiger partial charge in [0.05, 0.1) is 13.2 Å². The maximum atomic E-state index is 12.6. The number of benzene rings is 2. The quantitative estimate of drug-likeness (QED) is 0.687. The zero-order chi connectivity index (χ0) is 20.1. The Morgan fingerprint density at radius 2 is 1.71 bits per heavy atom. The molecule has 0 N–H and O–H groups in total. The van der Waals surface area contributed by atoms with Crippen molar-refractivity contribution in [2.24, 2.45) is 0 Å². The minimum absolute atomic E-state index is 0.00571. The Morgan fingerprint density at radius 1 is 1.04 bits per heavy atom. The van der Waals surface area contributed by atoms with E-state index in [4.69, 9.17) is 25.8 Å². The van der Waals surface area contributed by atoms with Crippen molar-refractivity contribution in [2.45, 2.75) is 33.7 Å². The first-order valence-corrected chi connectivity index (χ1v) is 9.97. The second-order valence-corrected chi connectivity index (χ2v) is 7.11. The van der Waals surface area contributed by atoms with E-state index in [1.165, 1.54) is 5.56 Å². The molecule has 0 saturated carbocycles. The molecule has 2 aromatic carbocycles. The third kappa shape index (κ3) is 4.71. The van der Waals surface area contributed by atoms with Gasteiger partial charge in [0, 0.05) is 18.1 Å². The van der Waals surface area contributed by atoms with Crippen LogP contribution in [0.5, 0.6) is 17.2 Å². The van der Waals surface area contributed by atoms with E-state index >= 15 is 0 Å². The smallest absolute Gasteiger partial charge is 0.260 e. The lowest BCUT2D eigenvalue weighted by Gasteiger charge is -2.29. The molecule has 5 nitrogen and oxygen atoms in total. The van der Waals surface area contributed by atoms with Crippen molar-refractivity contribution in [1.82, 2.24) is 4.90 Å². The Hall–Kier alpha value is -2.40. The van der Waals surface area contributed by atoms with Crippen LogP contribution in [0.4, 0.5) is 0 Å². The van der Waals surface area contributed by atoms with Gasteiger partial charge < -0.3 is 19.1 Å². The summed E-state index contributed by atoms with van der Waals surface area (Å²) in [5.74, 6) is 2.10. The van der Waals surface area contributed by atoms with Gasteiger partial charge in [0.1, 0.15) is 5.75 Å².